The van der Waals surface area contributed by atoms with Gasteiger partial charge in [-0.05, 0) is 30.3 Å². The third kappa shape index (κ3) is 3.21. The van der Waals surface area contributed by atoms with Crippen molar-refractivity contribution >= 4 is 34.9 Å². The lowest BCUT2D eigenvalue weighted by atomic mass is 10.1. The van der Waals surface area contributed by atoms with Crippen LogP contribution in [0.4, 0.5) is 5.69 Å². The molecule has 1 aromatic carbocycles. The van der Waals surface area contributed by atoms with Gasteiger partial charge < -0.3 is 10.0 Å². The number of aliphatic carboxylic acids is 1. The first-order valence-electron chi connectivity index (χ1n) is 6.83. The van der Waals surface area contributed by atoms with Crippen molar-refractivity contribution in [1.82, 2.24) is 4.90 Å². The predicted molar refractivity (Wildman–Crippen MR) is 84.1 cm³/mol. The summed E-state index contributed by atoms with van der Waals surface area (Å²) in [6.45, 7) is 4.58. The summed E-state index contributed by atoms with van der Waals surface area (Å²) in [7, 11) is 0. The minimum atomic E-state index is -1.00. The van der Waals surface area contributed by atoms with Gasteiger partial charge in [0, 0.05) is 6.54 Å². The lowest BCUT2D eigenvalue weighted by molar-refractivity contribution is -0.140. The van der Waals surface area contributed by atoms with E-state index in [4.69, 9.17) is 17.3 Å². The largest absolute Gasteiger partial charge is 0.481 e. The molecule has 0 aliphatic carbocycles. The molecule has 0 radical (unpaired) electrons. The number of carboxylic acids is 1. The summed E-state index contributed by atoms with van der Waals surface area (Å²) in [5, 5.41) is 9.43. The van der Waals surface area contributed by atoms with Crippen molar-refractivity contribution in [2.45, 2.75) is 26.3 Å². The summed E-state index contributed by atoms with van der Waals surface area (Å²) in [6.07, 6.45) is -0.241. The maximum Gasteiger partial charge on any atom is 0.305 e. The molecule has 1 saturated heterocycles. The second-order valence-electron chi connectivity index (χ2n) is 5.45. The number of benzene rings is 1. The van der Waals surface area contributed by atoms with Gasteiger partial charge in [0.1, 0.15) is 6.04 Å². The van der Waals surface area contributed by atoms with Crippen LogP contribution in [0, 0.1) is 5.92 Å². The SMILES string of the molecule is CC(C)CN1C(=S)N(c2ccccc2)C(=O)C1CC(=O)O. The molecule has 1 fully saturated rings. The standard InChI is InChI=1S/C15H18N2O3S/c1-10(2)9-16-12(8-13(18)19)14(20)17(15(16)21)11-6-4-3-5-7-11/h3-7,10,12H,8-9H2,1-2H3,(H,18,19). The van der Waals surface area contributed by atoms with Gasteiger partial charge in [-0.25, -0.2) is 0 Å². The smallest absolute Gasteiger partial charge is 0.305 e. The highest BCUT2D eigenvalue weighted by molar-refractivity contribution is 7.80. The molecule has 2 rings (SSSR count). The average molecular weight is 306 g/mol. The monoisotopic (exact) mass is 306 g/mol. The normalized spacial score (nSPS) is 18.7. The van der Waals surface area contributed by atoms with E-state index in [1.54, 1.807) is 17.0 Å². The van der Waals surface area contributed by atoms with Crippen molar-refractivity contribution in [2.75, 3.05) is 11.4 Å². The molecule has 1 aliphatic rings. The zero-order chi connectivity index (χ0) is 15.6. The van der Waals surface area contributed by atoms with Crippen molar-refractivity contribution in [3.63, 3.8) is 0 Å². The minimum absolute atomic E-state index is 0.241. The first-order valence-corrected chi connectivity index (χ1v) is 7.24. The number of thiocarbonyl (C=S) groups is 1. The Morgan fingerprint density at radius 1 is 1.33 bits per heavy atom. The third-order valence-electron chi connectivity index (χ3n) is 3.26. The van der Waals surface area contributed by atoms with Gasteiger partial charge in [0.15, 0.2) is 5.11 Å². The topological polar surface area (TPSA) is 60.9 Å². The molecule has 0 saturated carbocycles. The molecule has 1 N–H and O–H groups in total. The lowest BCUT2D eigenvalue weighted by Gasteiger charge is -2.25. The fraction of sp³-hybridized carbons (Fsp3) is 0.400. The maximum atomic E-state index is 12.6. The van der Waals surface area contributed by atoms with Crippen LogP contribution in [-0.4, -0.2) is 39.6 Å². The van der Waals surface area contributed by atoms with E-state index in [9.17, 15) is 9.59 Å². The fourth-order valence-electron chi connectivity index (χ4n) is 2.41. The zero-order valence-electron chi connectivity index (χ0n) is 12.0. The lowest BCUT2D eigenvalue weighted by Crippen LogP contribution is -2.39. The minimum Gasteiger partial charge on any atom is -0.481 e. The molecule has 21 heavy (non-hydrogen) atoms. The Balaban J connectivity index is 2.34. The van der Waals surface area contributed by atoms with Crippen molar-refractivity contribution in [3.8, 4) is 0 Å². The van der Waals surface area contributed by atoms with Gasteiger partial charge in [-0.1, -0.05) is 32.0 Å². The van der Waals surface area contributed by atoms with E-state index in [-0.39, 0.29) is 18.2 Å². The van der Waals surface area contributed by atoms with E-state index in [1.165, 1.54) is 4.90 Å². The molecule has 1 unspecified atom stereocenters. The van der Waals surface area contributed by atoms with Gasteiger partial charge in [-0.2, -0.15) is 0 Å². The number of para-hydroxylation sites is 1. The fourth-order valence-corrected chi connectivity index (χ4v) is 2.81. The molecule has 1 aliphatic heterocycles. The molecule has 112 valence electrons. The van der Waals surface area contributed by atoms with Crippen LogP contribution < -0.4 is 4.90 Å². The van der Waals surface area contributed by atoms with E-state index in [0.717, 1.165) is 0 Å². The Bertz CT molecular complexity index is 559. The first-order chi connectivity index (χ1) is 9.91. The average Bonchev–Trinajstić information content (AvgIpc) is 2.63. The van der Waals surface area contributed by atoms with Crippen LogP contribution in [0.15, 0.2) is 30.3 Å². The van der Waals surface area contributed by atoms with Gasteiger partial charge in [0.25, 0.3) is 5.91 Å². The summed E-state index contributed by atoms with van der Waals surface area (Å²) in [4.78, 5) is 26.8. The quantitative estimate of drug-likeness (QED) is 0.844. The Labute approximate surface area is 129 Å². The van der Waals surface area contributed by atoms with Crippen molar-refractivity contribution in [1.29, 1.82) is 0 Å². The summed E-state index contributed by atoms with van der Waals surface area (Å²) >= 11 is 5.41. The summed E-state index contributed by atoms with van der Waals surface area (Å²) in [5.41, 5.74) is 0.675. The molecule has 5 nitrogen and oxygen atoms in total. The van der Waals surface area contributed by atoms with E-state index in [0.29, 0.717) is 17.3 Å². The van der Waals surface area contributed by atoms with Crippen LogP contribution in [0.3, 0.4) is 0 Å². The van der Waals surface area contributed by atoms with Gasteiger partial charge in [0.2, 0.25) is 0 Å². The van der Waals surface area contributed by atoms with Crippen LogP contribution in [-0.2, 0) is 9.59 Å². The van der Waals surface area contributed by atoms with Crippen LogP contribution in [0.1, 0.15) is 20.3 Å². The van der Waals surface area contributed by atoms with Gasteiger partial charge in [0.05, 0.1) is 12.1 Å². The van der Waals surface area contributed by atoms with Crippen LogP contribution in [0.5, 0.6) is 0 Å². The van der Waals surface area contributed by atoms with Crippen molar-refractivity contribution in [2.24, 2.45) is 5.92 Å². The van der Waals surface area contributed by atoms with Crippen molar-refractivity contribution < 1.29 is 14.7 Å². The third-order valence-corrected chi connectivity index (χ3v) is 3.68. The van der Waals surface area contributed by atoms with E-state index >= 15 is 0 Å². The second-order valence-corrected chi connectivity index (χ2v) is 5.82. The van der Waals surface area contributed by atoms with Gasteiger partial charge in [-0.3, -0.25) is 14.5 Å². The Morgan fingerprint density at radius 2 is 1.95 bits per heavy atom. The second kappa shape index (κ2) is 6.22. The number of amides is 1. The molecule has 0 bridgehead atoms. The molecule has 1 atom stereocenters. The molecule has 0 aromatic heterocycles. The van der Waals surface area contributed by atoms with Crippen LogP contribution in [0.25, 0.3) is 0 Å². The Hall–Kier alpha value is -1.95. The molecule has 1 amide bonds. The zero-order valence-corrected chi connectivity index (χ0v) is 12.8. The number of carbonyl (C=O) groups is 2. The molecule has 6 heteroatoms. The van der Waals surface area contributed by atoms with Crippen molar-refractivity contribution in [3.05, 3.63) is 30.3 Å². The van der Waals surface area contributed by atoms with Gasteiger partial charge in [-0.15, -0.1) is 0 Å². The molecular weight excluding hydrogens is 288 g/mol. The Kier molecular flexibility index (Phi) is 4.57. The number of hydrogen-bond donors (Lipinski definition) is 1. The number of hydrogen-bond acceptors (Lipinski definition) is 3. The van der Waals surface area contributed by atoms with Crippen LogP contribution >= 0.6 is 12.2 Å². The molecule has 1 heterocycles. The molecule has 0 spiro atoms. The number of anilines is 1. The van der Waals surface area contributed by atoms with Gasteiger partial charge >= 0.3 is 5.97 Å². The molecular formula is C15H18N2O3S. The summed E-state index contributed by atoms with van der Waals surface area (Å²) in [6, 6.07) is 8.36. The number of carboxylic acid groups (broad SMARTS) is 1. The highest BCUT2D eigenvalue weighted by Gasteiger charge is 2.44. The maximum absolute atomic E-state index is 12.6. The van der Waals surface area contributed by atoms with E-state index < -0.39 is 12.0 Å². The number of nitrogens with zero attached hydrogens (tertiary/aromatic N) is 2. The summed E-state index contributed by atoms with van der Waals surface area (Å²) < 4.78 is 0. The first kappa shape index (κ1) is 15.4. The Morgan fingerprint density at radius 3 is 2.48 bits per heavy atom. The number of rotatable bonds is 5. The van der Waals surface area contributed by atoms with Crippen LogP contribution in [0.2, 0.25) is 0 Å². The molecule has 1 aromatic rings. The number of carbonyl (C=O) groups excluding carboxylic acids is 1. The highest BCUT2D eigenvalue weighted by Crippen LogP contribution is 2.27. The van der Waals surface area contributed by atoms with E-state index in [1.807, 2.05) is 32.0 Å². The highest BCUT2D eigenvalue weighted by atomic mass is 32.1. The summed E-state index contributed by atoms with van der Waals surface area (Å²) in [5.74, 6) is -0.989. The predicted octanol–water partition coefficient (Wildman–Crippen LogP) is 2.12. The van der Waals surface area contributed by atoms with E-state index in [2.05, 4.69) is 0 Å².